The third-order valence-corrected chi connectivity index (χ3v) is 10.8. The van der Waals surface area contributed by atoms with Crippen LogP contribution in [0.1, 0.15) is 90.8 Å². The van der Waals surface area contributed by atoms with Gasteiger partial charge in [0.05, 0.1) is 6.20 Å². The van der Waals surface area contributed by atoms with Crippen molar-refractivity contribution in [2.24, 2.45) is 57.4 Å². The molecular weight excluding hydrogens is 422 g/mol. The van der Waals surface area contributed by atoms with Gasteiger partial charge in [-0.2, -0.15) is 5.10 Å². The molecule has 4 rings (SSSR count). The van der Waals surface area contributed by atoms with Gasteiger partial charge in [0.1, 0.15) is 0 Å². The predicted octanol–water partition coefficient (Wildman–Crippen LogP) is 6.95. The van der Waals surface area contributed by atoms with Gasteiger partial charge in [-0.05, 0) is 102 Å². The summed E-state index contributed by atoms with van der Waals surface area (Å²) in [5.74, 6) is 4.00. The van der Waals surface area contributed by atoms with Crippen LogP contribution < -0.4 is 0 Å². The topological polar surface area (TPSA) is 97.7 Å². The molecule has 34 heavy (non-hydrogen) atoms. The second-order valence-electron chi connectivity index (χ2n) is 13.0. The van der Waals surface area contributed by atoms with Crippen LogP contribution >= 0.6 is 0 Å². The van der Waals surface area contributed by atoms with E-state index in [1.807, 2.05) is 6.20 Å². The van der Waals surface area contributed by atoms with E-state index in [0.717, 1.165) is 30.6 Å². The highest BCUT2D eigenvalue weighted by Gasteiger charge is 2.58. The Morgan fingerprint density at radius 3 is 2.65 bits per heavy atom. The van der Waals surface area contributed by atoms with E-state index in [1.54, 1.807) is 0 Å². The van der Waals surface area contributed by atoms with Crippen molar-refractivity contribution in [3.63, 3.8) is 0 Å². The van der Waals surface area contributed by atoms with E-state index < -0.39 is 0 Å². The van der Waals surface area contributed by atoms with Crippen LogP contribution in [0.2, 0.25) is 0 Å². The van der Waals surface area contributed by atoms with Crippen LogP contribution in [-0.4, -0.2) is 28.5 Å². The van der Waals surface area contributed by atoms with Crippen molar-refractivity contribution in [2.45, 2.75) is 92.4 Å². The second kappa shape index (κ2) is 10.2. The third-order valence-electron chi connectivity index (χ3n) is 10.8. The van der Waals surface area contributed by atoms with Gasteiger partial charge in [-0.25, -0.2) is 0 Å². The van der Waals surface area contributed by atoms with Crippen molar-refractivity contribution in [1.29, 1.82) is 0 Å². The summed E-state index contributed by atoms with van der Waals surface area (Å²) in [5, 5.41) is 22.1. The van der Waals surface area contributed by atoms with Gasteiger partial charge < -0.3 is 5.11 Å². The van der Waals surface area contributed by atoms with E-state index in [1.165, 1.54) is 56.2 Å². The van der Waals surface area contributed by atoms with Crippen LogP contribution in [0.25, 0.3) is 10.4 Å². The number of azide groups is 1. The van der Waals surface area contributed by atoms with Crippen LogP contribution in [-0.2, 0) is 12.8 Å². The molecule has 0 aromatic carbocycles. The Hall–Kier alpha value is -1.52. The fraction of sp³-hybridized carbons (Fsp3) is 0.893. The summed E-state index contributed by atoms with van der Waals surface area (Å²) in [6.45, 7) is 12.9. The lowest BCUT2D eigenvalue weighted by Gasteiger charge is -2.57. The maximum Gasteiger partial charge on any atom is 0.0522 e. The molecule has 190 valence electrons. The summed E-state index contributed by atoms with van der Waals surface area (Å²) in [6, 6.07) is 0. The zero-order chi connectivity index (χ0) is 24.5. The Labute approximate surface area is 206 Å². The molecule has 0 amide bonds. The highest BCUT2D eigenvalue weighted by atomic mass is 16.3. The molecule has 3 aliphatic rings. The minimum atomic E-state index is 0.00353. The SMILES string of the molecule is CC(C)CCCC(C)[C@H]1CC[C@H]2[C@H](CN=[N+]=[N-])[C@@H]([C@@]3(C)Cc4cn[nH]c4C[C@@H]3CO)CC[C@]12C. The second-order valence-corrected chi connectivity index (χ2v) is 13.0. The molecule has 6 heteroatoms. The molecule has 2 fully saturated rings. The molecule has 2 N–H and O–H groups in total. The van der Waals surface area contributed by atoms with Gasteiger partial charge in [-0.15, -0.1) is 0 Å². The Morgan fingerprint density at radius 2 is 1.94 bits per heavy atom. The fourth-order valence-corrected chi connectivity index (χ4v) is 8.92. The van der Waals surface area contributed by atoms with Gasteiger partial charge >= 0.3 is 0 Å². The summed E-state index contributed by atoms with van der Waals surface area (Å²) in [4.78, 5) is 3.21. The number of aromatic nitrogens is 2. The third kappa shape index (κ3) is 4.53. The van der Waals surface area contributed by atoms with Crippen molar-refractivity contribution < 1.29 is 5.11 Å². The monoisotopic (exact) mass is 469 g/mol. The molecule has 3 aliphatic carbocycles. The summed E-state index contributed by atoms with van der Waals surface area (Å²) in [7, 11) is 0. The molecular formula is C28H47N5O. The van der Waals surface area contributed by atoms with E-state index in [9.17, 15) is 10.6 Å². The molecule has 1 unspecified atom stereocenters. The van der Waals surface area contributed by atoms with Gasteiger partial charge in [-0.3, -0.25) is 5.10 Å². The Bertz CT molecular complexity index is 876. The molecule has 0 radical (unpaired) electrons. The number of aliphatic hydroxyl groups excluding tert-OH is 1. The quantitative estimate of drug-likeness (QED) is 0.232. The van der Waals surface area contributed by atoms with Crippen molar-refractivity contribution in [3.8, 4) is 0 Å². The normalized spacial score (nSPS) is 38.3. The standard InChI is InChI=1S/C28H47N5O/c1-18(2)7-6-8-19(3)23-9-10-24-22(16-31-33-29)25(11-12-27(23,24)4)28(5)14-20-15-30-32-26(20)13-21(28)17-34/h15,18-19,21-25,34H,6-14,16-17H2,1-5H3,(H,30,32)/t19?,21-,22+,23-,24+,25+,27-,28+/m1/s1. The first-order valence-corrected chi connectivity index (χ1v) is 13.9. The van der Waals surface area contributed by atoms with E-state index in [2.05, 4.69) is 54.8 Å². The van der Waals surface area contributed by atoms with E-state index in [4.69, 9.17) is 0 Å². The lowest BCUT2D eigenvalue weighted by atomic mass is 9.48. The van der Waals surface area contributed by atoms with E-state index in [-0.39, 0.29) is 17.9 Å². The molecule has 0 spiro atoms. The molecule has 1 aromatic heterocycles. The van der Waals surface area contributed by atoms with Crippen LogP contribution in [0, 0.1) is 52.3 Å². The average Bonchev–Trinajstić information content (AvgIpc) is 3.39. The molecule has 1 heterocycles. The van der Waals surface area contributed by atoms with Gasteiger partial charge in [0.25, 0.3) is 0 Å². The number of nitrogens with zero attached hydrogens (tertiary/aromatic N) is 4. The minimum absolute atomic E-state index is 0.00353. The number of nitrogens with one attached hydrogen (secondary N) is 1. The van der Waals surface area contributed by atoms with Gasteiger partial charge in [0.15, 0.2) is 0 Å². The summed E-state index contributed by atoms with van der Waals surface area (Å²) in [5.41, 5.74) is 12.1. The number of hydrogen-bond donors (Lipinski definition) is 2. The number of H-pyrrole nitrogens is 1. The van der Waals surface area contributed by atoms with Crippen LogP contribution in [0.3, 0.4) is 0 Å². The summed E-state index contributed by atoms with van der Waals surface area (Å²) < 4.78 is 0. The number of aliphatic hydroxyl groups is 1. The molecule has 0 bridgehead atoms. The molecule has 6 nitrogen and oxygen atoms in total. The molecule has 0 aliphatic heterocycles. The Balaban J connectivity index is 1.59. The summed E-state index contributed by atoms with van der Waals surface area (Å²) >= 11 is 0. The lowest BCUT2D eigenvalue weighted by molar-refractivity contribution is -0.0760. The highest BCUT2D eigenvalue weighted by Crippen LogP contribution is 2.65. The van der Waals surface area contributed by atoms with Crippen molar-refractivity contribution in [1.82, 2.24) is 10.2 Å². The molecule has 2 saturated carbocycles. The number of hydrogen-bond acceptors (Lipinski definition) is 3. The zero-order valence-corrected chi connectivity index (χ0v) is 22.1. The molecule has 0 saturated heterocycles. The number of aromatic amines is 1. The maximum atomic E-state index is 10.4. The van der Waals surface area contributed by atoms with Gasteiger partial charge in [0, 0.05) is 23.8 Å². The first-order chi connectivity index (χ1) is 16.2. The Morgan fingerprint density at radius 1 is 1.18 bits per heavy atom. The Kier molecular flexibility index (Phi) is 7.69. The largest absolute Gasteiger partial charge is 0.396 e. The van der Waals surface area contributed by atoms with E-state index >= 15 is 0 Å². The first-order valence-electron chi connectivity index (χ1n) is 13.9. The lowest BCUT2D eigenvalue weighted by Crippen LogP contribution is -2.53. The first kappa shape index (κ1) is 25.6. The van der Waals surface area contributed by atoms with Crippen molar-refractivity contribution >= 4 is 0 Å². The average molecular weight is 470 g/mol. The van der Waals surface area contributed by atoms with Gasteiger partial charge in [0.2, 0.25) is 0 Å². The van der Waals surface area contributed by atoms with Crippen LogP contribution in [0.5, 0.6) is 0 Å². The van der Waals surface area contributed by atoms with Crippen LogP contribution in [0.15, 0.2) is 11.3 Å². The molecule has 8 atom stereocenters. The smallest absolute Gasteiger partial charge is 0.0522 e. The highest BCUT2D eigenvalue weighted by molar-refractivity contribution is 5.25. The van der Waals surface area contributed by atoms with Crippen molar-refractivity contribution in [2.75, 3.05) is 13.2 Å². The fourth-order valence-electron chi connectivity index (χ4n) is 8.92. The van der Waals surface area contributed by atoms with Crippen molar-refractivity contribution in [3.05, 3.63) is 27.9 Å². The maximum absolute atomic E-state index is 10.4. The zero-order valence-electron chi connectivity index (χ0n) is 22.1. The predicted molar refractivity (Wildman–Crippen MR) is 137 cm³/mol. The number of fused-ring (bicyclic) bond motifs is 2. The minimum Gasteiger partial charge on any atom is -0.396 e. The van der Waals surface area contributed by atoms with Crippen LogP contribution in [0.4, 0.5) is 0 Å². The molecule has 1 aromatic rings. The van der Waals surface area contributed by atoms with Gasteiger partial charge in [-0.1, -0.05) is 59.0 Å². The summed E-state index contributed by atoms with van der Waals surface area (Å²) in [6.07, 6.45) is 12.8. The number of rotatable bonds is 9. The van der Waals surface area contributed by atoms with E-state index in [0.29, 0.717) is 29.7 Å².